The second-order valence-corrected chi connectivity index (χ2v) is 8.12. The third-order valence-corrected chi connectivity index (χ3v) is 5.31. The van der Waals surface area contributed by atoms with Crippen LogP contribution in [-0.2, 0) is 9.59 Å². The van der Waals surface area contributed by atoms with E-state index in [0.29, 0.717) is 0 Å². The fraction of sp³-hybridized carbons (Fsp3) is 0.913. The minimum Gasteiger partial charge on any atom is -0.480 e. The lowest BCUT2D eigenvalue weighted by molar-refractivity contribution is -0.142. The van der Waals surface area contributed by atoms with E-state index in [4.69, 9.17) is 10.2 Å². The van der Waals surface area contributed by atoms with Crippen LogP contribution >= 0.6 is 0 Å². The van der Waals surface area contributed by atoms with Gasteiger partial charge in [-0.2, -0.15) is 0 Å². The highest BCUT2D eigenvalue weighted by Gasteiger charge is 2.17. The van der Waals surface area contributed by atoms with Gasteiger partial charge in [-0.1, -0.05) is 103 Å². The van der Waals surface area contributed by atoms with E-state index in [1.54, 1.807) is 0 Å². The molecule has 0 saturated carbocycles. The van der Waals surface area contributed by atoms with Crippen LogP contribution in [0.4, 0.5) is 0 Å². The average Bonchev–Trinajstić information content (AvgIpc) is 2.70. The quantitative estimate of drug-likeness (QED) is 0.197. The van der Waals surface area contributed by atoms with Gasteiger partial charge in [0.2, 0.25) is 5.91 Å². The maximum absolute atomic E-state index is 11.5. The Morgan fingerprint density at radius 1 is 0.724 bits per heavy atom. The molecule has 0 aromatic carbocycles. The molecular weight excluding hydrogens is 368 g/mol. The number of hydrogen-bond acceptors (Lipinski definition) is 4. The Morgan fingerprint density at radius 3 is 1.52 bits per heavy atom. The molecule has 1 amide bonds. The van der Waals surface area contributed by atoms with Gasteiger partial charge in [-0.3, -0.25) is 4.79 Å². The van der Waals surface area contributed by atoms with Crippen molar-refractivity contribution in [2.75, 3.05) is 19.7 Å². The molecule has 0 saturated heterocycles. The van der Waals surface area contributed by atoms with Gasteiger partial charge in [-0.05, 0) is 13.0 Å². The molecule has 0 rings (SSSR count). The summed E-state index contributed by atoms with van der Waals surface area (Å²) in [5, 5.41) is 22.9. The summed E-state index contributed by atoms with van der Waals surface area (Å²) in [7, 11) is 0. The van der Waals surface area contributed by atoms with Gasteiger partial charge in [-0.15, -0.1) is 0 Å². The maximum atomic E-state index is 11.5. The van der Waals surface area contributed by atoms with Gasteiger partial charge in [0.15, 0.2) is 0 Å². The van der Waals surface area contributed by atoms with Gasteiger partial charge < -0.3 is 20.8 Å². The molecule has 1 atom stereocenters. The summed E-state index contributed by atoms with van der Waals surface area (Å²) in [6.45, 7) is 2.51. The van der Waals surface area contributed by atoms with Crippen LogP contribution in [0.1, 0.15) is 110 Å². The third kappa shape index (κ3) is 19.9. The van der Waals surface area contributed by atoms with Crippen molar-refractivity contribution in [3.8, 4) is 0 Å². The lowest BCUT2D eigenvalue weighted by atomic mass is 10.0. The van der Waals surface area contributed by atoms with Crippen molar-refractivity contribution >= 4 is 11.9 Å². The molecular formula is C23H46N2O4. The molecule has 0 aliphatic carbocycles. The number of aliphatic carboxylic acids is 1. The first-order valence-electron chi connectivity index (χ1n) is 12.0. The molecule has 0 aliphatic heterocycles. The van der Waals surface area contributed by atoms with Crippen molar-refractivity contribution in [1.82, 2.24) is 10.6 Å². The molecule has 6 heteroatoms. The Bertz CT molecular complexity index is 391. The molecule has 6 nitrogen and oxygen atoms in total. The monoisotopic (exact) mass is 414 g/mol. The number of aliphatic hydroxyl groups is 1. The summed E-state index contributed by atoms with van der Waals surface area (Å²) < 4.78 is 0. The van der Waals surface area contributed by atoms with E-state index in [9.17, 15) is 9.59 Å². The molecule has 0 aromatic rings. The molecule has 0 fully saturated rings. The maximum Gasteiger partial charge on any atom is 0.328 e. The summed E-state index contributed by atoms with van der Waals surface area (Å²) >= 11 is 0. The zero-order valence-electron chi connectivity index (χ0n) is 18.7. The van der Waals surface area contributed by atoms with E-state index in [1.807, 2.05) is 0 Å². The molecule has 0 bridgehead atoms. The van der Waals surface area contributed by atoms with E-state index < -0.39 is 24.5 Å². The Balaban J connectivity index is 3.22. The number of amides is 1. The Labute approximate surface area is 178 Å². The number of carboxylic acid groups (broad SMARTS) is 1. The number of carboxylic acids is 1. The largest absolute Gasteiger partial charge is 0.480 e. The van der Waals surface area contributed by atoms with Crippen molar-refractivity contribution in [2.45, 2.75) is 116 Å². The summed E-state index contributed by atoms with van der Waals surface area (Å²) in [4.78, 5) is 22.3. The number of carbonyl (C=O) groups is 2. The minimum absolute atomic E-state index is 0.0858. The van der Waals surface area contributed by atoms with Gasteiger partial charge in [0.25, 0.3) is 0 Å². The summed E-state index contributed by atoms with van der Waals surface area (Å²) in [6.07, 6.45) is 21.4. The summed E-state index contributed by atoms with van der Waals surface area (Å²) in [6, 6.07) is -1.22. The van der Waals surface area contributed by atoms with E-state index in [2.05, 4.69) is 17.6 Å². The van der Waals surface area contributed by atoms with Crippen LogP contribution in [0.25, 0.3) is 0 Å². The van der Waals surface area contributed by atoms with Gasteiger partial charge in [0, 0.05) is 0 Å². The topological polar surface area (TPSA) is 98.7 Å². The Kier molecular flexibility index (Phi) is 20.7. The zero-order chi connectivity index (χ0) is 21.6. The van der Waals surface area contributed by atoms with E-state index in [0.717, 1.165) is 19.4 Å². The highest BCUT2D eigenvalue weighted by atomic mass is 16.4. The van der Waals surface area contributed by atoms with Gasteiger partial charge in [0.1, 0.15) is 6.04 Å². The van der Waals surface area contributed by atoms with Crippen LogP contribution in [0.15, 0.2) is 0 Å². The number of hydrogen-bond donors (Lipinski definition) is 4. The lowest BCUT2D eigenvalue weighted by Gasteiger charge is -2.11. The van der Waals surface area contributed by atoms with Crippen molar-refractivity contribution in [3.05, 3.63) is 0 Å². The van der Waals surface area contributed by atoms with Crippen LogP contribution in [0.2, 0.25) is 0 Å². The van der Waals surface area contributed by atoms with Gasteiger partial charge in [0.05, 0.1) is 13.2 Å². The summed E-state index contributed by atoms with van der Waals surface area (Å²) in [5.41, 5.74) is 0. The van der Waals surface area contributed by atoms with Crippen molar-refractivity contribution in [2.24, 2.45) is 0 Å². The second-order valence-electron chi connectivity index (χ2n) is 8.12. The molecule has 0 aromatic heterocycles. The van der Waals surface area contributed by atoms with Crippen LogP contribution < -0.4 is 10.6 Å². The average molecular weight is 415 g/mol. The van der Waals surface area contributed by atoms with Crippen LogP contribution in [0.3, 0.4) is 0 Å². The highest BCUT2D eigenvalue weighted by molar-refractivity contribution is 5.84. The zero-order valence-corrected chi connectivity index (χ0v) is 18.7. The normalized spacial score (nSPS) is 12.1. The smallest absolute Gasteiger partial charge is 0.328 e. The molecule has 0 heterocycles. The summed E-state index contributed by atoms with van der Waals surface area (Å²) in [5.74, 6) is -1.62. The first-order valence-corrected chi connectivity index (χ1v) is 12.0. The van der Waals surface area contributed by atoms with Crippen LogP contribution in [0.5, 0.6) is 0 Å². The van der Waals surface area contributed by atoms with Crippen LogP contribution in [-0.4, -0.2) is 47.8 Å². The lowest BCUT2D eigenvalue weighted by Crippen LogP contribution is -2.46. The molecule has 0 unspecified atom stereocenters. The van der Waals surface area contributed by atoms with Crippen molar-refractivity contribution < 1.29 is 19.8 Å². The molecule has 0 aliphatic rings. The molecule has 29 heavy (non-hydrogen) atoms. The van der Waals surface area contributed by atoms with Gasteiger partial charge in [-0.25, -0.2) is 4.79 Å². The predicted octanol–water partition coefficient (Wildman–Crippen LogP) is 4.40. The first-order chi connectivity index (χ1) is 14.1. The number of unbranched alkanes of at least 4 members (excludes halogenated alkanes) is 15. The molecule has 4 N–H and O–H groups in total. The molecule has 0 radical (unpaired) electrons. The number of nitrogens with one attached hydrogen (secondary N) is 2. The van der Waals surface area contributed by atoms with Crippen LogP contribution in [0, 0.1) is 0 Å². The standard InChI is InChI=1S/C23H46N2O4/c1-2-3-4-5-6-7-8-9-10-11-12-13-14-15-16-17-18-24-19-22(27)25-21(20-26)23(28)29/h21,24,26H,2-20H2,1H3,(H,25,27)(H,28,29)/t21-/m0/s1. The number of rotatable bonds is 22. The molecule has 0 spiro atoms. The number of aliphatic hydroxyl groups excluding tert-OH is 1. The fourth-order valence-electron chi connectivity index (χ4n) is 3.43. The first kappa shape index (κ1) is 27.9. The van der Waals surface area contributed by atoms with E-state index in [-0.39, 0.29) is 6.54 Å². The third-order valence-electron chi connectivity index (χ3n) is 5.31. The predicted molar refractivity (Wildman–Crippen MR) is 119 cm³/mol. The highest BCUT2D eigenvalue weighted by Crippen LogP contribution is 2.13. The number of carbonyl (C=O) groups excluding carboxylic acids is 1. The van der Waals surface area contributed by atoms with Gasteiger partial charge >= 0.3 is 5.97 Å². The fourth-order valence-corrected chi connectivity index (χ4v) is 3.43. The van der Waals surface area contributed by atoms with Crippen molar-refractivity contribution in [1.29, 1.82) is 0 Å². The second kappa shape index (κ2) is 21.6. The molecule has 172 valence electrons. The van der Waals surface area contributed by atoms with E-state index >= 15 is 0 Å². The Morgan fingerprint density at radius 2 is 1.14 bits per heavy atom. The van der Waals surface area contributed by atoms with E-state index in [1.165, 1.54) is 89.9 Å². The van der Waals surface area contributed by atoms with Crippen molar-refractivity contribution in [3.63, 3.8) is 0 Å². The Hall–Kier alpha value is -1.14. The SMILES string of the molecule is CCCCCCCCCCCCCCCCCCNCC(=O)N[C@@H](CO)C(=O)O. The minimum atomic E-state index is -1.22.